The van der Waals surface area contributed by atoms with Gasteiger partial charge in [-0.2, -0.15) is 0 Å². The number of hydrogen-bond acceptors (Lipinski definition) is 3. The molecular formula is C22H30N2O2. The van der Waals surface area contributed by atoms with Gasteiger partial charge in [0.05, 0.1) is 11.6 Å². The zero-order chi connectivity index (χ0) is 18.7. The molecule has 0 aliphatic carbocycles. The molecule has 2 heterocycles. The van der Waals surface area contributed by atoms with E-state index in [4.69, 9.17) is 4.42 Å². The highest BCUT2D eigenvalue weighted by Crippen LogP contribution is 2.27. The normalized spacial score (nSPS) is 17.2. The van der Waals surface area contributed by atoms with Crippen molar-refractivity contribution in [3.63, 3.8) is 0 Å². The zero-order valence-corrected chi connectivity index (χ0v) is 16.3. The van der Waals surface area contributed by atoms with Gasteiger partial charge in [0.1, 0.15) is 11.5 Å². The van der Waals surface area contributed by atoms with Gasteiger partial charge in [0.25, 0.3) is 5.91 Å². The zero-order valence-electron chi connectivity index (χ0n) is 16.3. The Hall–Kier alpha value is -2.07. The van der Waals surface area contributed by atoms with Gasteiger partial charge < -0.3 is 9.73 Å². The summed E-state index contributed by atoms with van der Waals surface area (Å²) in [7, 11) is 0. The number of rotatable bonds is 5. The van der Waals surface area contributed by atoms with E-state index in [1.165, 1.54) is 18.4 Å². The Morgan fingerprint density at radius 1 is 1.15 bits per heavy atom. The molecule has 0 spiro atoms. The minimum atomic E-state index is -0.0387. The molecule has 2 aromatic rings. The Kier molecular flexibility index (Phi) is 5.82. The number of carbonyl (C=O) groups is 1. The van der Waals surface area contributed by atoms with Crippen molar-refractivity contribution in [2.75, 3.05) is 19.6 Å². The number of carbonyl (C=O) groups excluding carboxylic acids is 1. The summed E-state index contributed by atoms with van der Waals surface area (Å²) in [5.41, 5.74) is 2.88. The molecule has 1 amide bonds. The number of nitrogens with zero attached hydrogens (tertiary/aromatic N) is 1. The Balaban J connectivity index is 1.74. The lowest BCUT2D eigenvalue weighted by atomic mass is 9.95. The molecular weight excluding hydrogens is 324 g/mol. The van der Waals surface area contributed by atoms with E-state index in [0.717, 1.165) is 30.3 Å². The van der Waals surface area contributed by atoms with Gasteiger partial charge >= 0.3 is 0 Å². The van der Waals surface area contributed by atoms with Gasteiger partial charge in [-0.15, -0.1) is 0 Å². The Bertz CT molecular complexity index is 743. The second-order valence-electron chi connectivity index (χ2n) is 7.57. The van der Waals surface area contributed by atoms with Crippen LogP contribution < -0.4 is 5.32 Å². The standard InChI is InChI=1S/C22H30N2O2/c1-15-10-12-24(13-11-15)20(19-8-6-5-7-9-19)14-23-22(25)21-16(2)17(3)26-18(21)4/h5-9,15,20H,10-14H2,1-4H3,(H,23,25). The smallest absolute Gasteiger partial charge is 0.255 e. The molecule has 1 aliphatic heterocycles. The Morgan fingerprint density at radius 2 is 1.81 bits per heavy atom. The molecule has 0 radical (unpaired) electrons. The van der Waals surface area contributed by atoms with Gasteiger partial charge in [0, 0.05) is 12.1 Å². The van der Waals surface area contributed by atoms with Gasteiger partial charge in [-0.3, -0.25) is 9.69 Å². The van der Waals surface area contributed by atoms with Gasteiger partial charge in [-0.1, -0.05) is 37.3 Å². The maximum Gasteiger partial charge on any atom is 0.255 e. The number of furan rings is 1. The molecule has 1 aliphatic rings. The van der Waals surface area contributed by atoms with Crippen LogP contribution in [0.25, 0.3) is 0 Å². The van der Waals surface area contributed by atoms with E-state index >= 15 is 0 Å². The number of amides is 1. The van der Waals surface area contributed by atoms with E-state index in [2.05, 4.69) is 41.4 Å². The molecule has 3 rings (SSSR count). The molecule has 4 nitrogen and oxygen atoms in total. The van der Waals surface area contributed by atoms with Crippen LogP contribution in [0, 0.1) is 26.7 Å². The summed E-state index contributed by atoms with van der Waals surface area (Å²) in [6.07, 6.45) is 2.44. The van der Waals surface area contributed by atoms with Crippen LogP contribution in [0.15, 0.2) is 34.7 Å². The third kappa shape index (κ3) is 4.01. The van der Waals surface area contributed by atoms with Crippen molar-refractivity contribution in [3.8, 4) is 0 Å². The van der Waals surface area contributed by atoms with Gasteiger partial charge in [0.15, 0.2) is 0 Å². The van der Waals surface area contributed by atoms with Crippen LogP contribution in [-0.2, 0) is 0 Å². The second-order valence-corrected chi connectivity index (χ2v) is 7.57. The van der Waals surface area contributed by atoms with E-state index in [9.17, 15) is 4.79 Å². The molecule has 26 heavy (non-hydrogen) atoms. The van der Waals surface area contributed by atoms with E-state index in [1.807, 2.05) is 26.8 Å². The monoisotopic (exact) mass is 354 g/mol. The maximum absolute atomic E-state index is 12.8. The summed E-state index contributed by atoms with van der Waals surface area (Å²) in [4.78, 5) is 15.3. The van der Waals surface area contributed by atoms with Crippen LogP contribution in [0.2, 0.25) is 0 Å². The van der Waals surface area contributed by atoms with Crippen molar-refractivity contribution < 1.29 is 9.21 Å². The molecule has 1 fully saturated rings. The lowest BCUT2D eigenvalue weighted by Gasteiger charge is -2.37. The minimum absolute atomic E-state index is 0.0387. The average molecular weight is 354 g/mol. The summed E-state index contributed by atoms with van der Waals surface area (Å²) >= 11 is 0. The highest BCUT2D eigenvalue weighted by Gasteiger charge is 2.26. The Labute approximate surface area is 156 Å². The van der Waals surface area contributed by atoms with Gasteiger partial charge in [0.2, 0.25) is 0 Å². The van der Waals surface area contributed by atoms with E-state index in [0.29, 0.717) is 17.9 Å². The average Bonchev–Trinajstić information content (AvgIpc) is 2.89. The van der Waals surface area contributed by atoms with Crippen LogP contribution in [0.3, 0.4) is 0 Å². The van der Waals surface area contributed by atoms with Crippen LogP contribution in [0.4, 0.5) is 0 Å². The topological polar surface area (TPSA) is 45.5 Å². The summed E-state index contributed by atoms with van der Waals surface area (Å²) < 4.78 is 5.61. The summed E-state index contributed by atoms with van der Waals surface area (Å²) in [6.45, 7) is 10.8. The molecule has 0 saturated carbocycles. The first-order valence-electron chi connectivity index (χ1n) is 9.61. The number of hydrogen-bond donors (Lipinski definition) is 1. The number of nitrogens with one attached hydrogen (secondary N) is 1. The van der Waals surface area contributed by atoms with Crippen molar-refractivity contribution in [1.82, 2.24) is 10.2 Å². The van der Waals surface area contributed by atoms with Crippen molar-refractivity contribution in [2.45, 2.75) is 46.6 Å². The number of benzene rings is 1. The van der Waals surface area contributed by atoms with Crippen LogP contribution in [0.5, 0.6) is 0 Å². The third-order valence-electron chi connectivity index (χ3n) is 5.69. The summed E-state index contributed by atoms with van der Waals surface area (Å²) in [5, 5.41) is 3.16. The van der Waals surface area contributed by atoms with Crippen molar-refractivity contribution in [2.24, 2.45) is 5.92 Å². The molecule has 1 saturated heterocycles. The molecule has 1 N–H and O–H groups in total. The first-order valence-corrected chi connectivity index (χ1v) is 9.61. The van der Waals surface area contributed by atoms with Gasteiger partial charge in [-0.25, -0.2) is 0 Å². The lowest BCUT2D eigenvalue weighted by Crippen LogP contribution is -2.42. The highest BCUT2D eigenvalue weighted by molar-refractivity contribution is 5.96. The summed E-state index contributed by atoms with van der Waals surface area (Å²) in [6, 6.07) is 10.7. The molecule has 0 bridgehead atoms. The largest absolute Gasteiger partial charge is 0.466 e. The predicted molar refractivity (Wildman–Crippen MR) is 104 cm³/mol. The van der Waals surface area contributed by atoms with Crippen molar-refractivity contribution in [3.05, 3.63) is 58.5 Å². The molecule has 1 unspecified atom stereocenters. The first kappa shape index (κ1) is 18.7. The predicted octanol–water partition coefficient (Wildman–Crippen LogP) is 4.41. The van der Waals surface area contributed by atoms with E-state index in [-0.39, 0.29) is 11.9 Å². The Morgan fingerprint density at radius 3 is 2.38 bits per heavy atom. The van der Waals surface area contributed by atoms with Crippen molar-refractivity contribution >= 4 is 5.91 Å². The number of likely N-dealkylation sites (tertiary alicyclic amines) is 1. The maximum atomic E-state index is 12.8. The molecule has 1 aromatic heterocycles. The fraction of sp³-hybridized carbons (Fsp3) is 0.500. The van der Waals surface area contributed by atoms with Crippen LogP contribution >= 0.6 is 0 Å². The molecule has 1 atom stereocenters. The van der Waals surface area contributed by atoms with Crippen LogP contribution in [0.1, 0.15) is 58.8 Å². The van der Waals surface area contributed by atoms with E-state index in [1.54, 1.807) is 0 Å². The molecule has 4 heteroatoms. The van der Waals surface area contributed by atoms with E-state index < -0.39 is 0 Å². The second kappa shape index (κ2) is 8.09. The summed E-state index contributed by atoms with van der Waals surface area (Å²) in [5.74, 6) is 2.26. The number of aryl methyl sites for hydroxylation is 2. The lowest BCUT2D eigenvalue weighted by molar-refractivity contribution is 0.0911. The fourth-order valence-electron chi connectivity index (χ4n) is 3.88. The van der Waals surface area contributed by atoms with Gasteiger partial charge in [-0.05, 0) is 58.2 Å². The SMILES string of the molecule is Cc1oc(C)c(C(=O)NCC(c2ccccc2)N2CCC(C)CC2)c1C. The molecule has 140 valence electrons. The minimum Gasteiger partial charge on any atom is -0.466 e. The third-order valence-corrected chi connectivity index (χ3v) is 5.69. The van der Waals surface area contributed by atoms with Crippen molar-refractivity contribution in [1.29, 1.82) is 0 Å². The first-order chi connectivity index (χ1) is 12.5. The number of piperidine rings is 1. The fourth-order valence-corrected chi connectivity index (χ4v) is 3.88. The highest BCUT2D eigenvalue weighted by atomic mass is 16.3. The van der Waals surface area contributed by atoms with Crippen LogP contribution in [-0.4, -0.2) is 30.4 Å². The quantitative estimate of drug-likeness (QED) is 0.865. The molecule has 1 aromatic carbocycles.